The molecule has 3 aromatic rings. The fourth-order valence-electron chi connectivity index (χ4n) is 9.11. The van der Waals surface area contributed by atoms with Crippen molar-refractivity contribution in [3.05, 3.63) is 53.1 Å². The number of nitrogens with one attached hydrogen (secondary N) is 1. The zero-order chi connectivity index (χ0) is 35.2. The molecule has 9 nitrogen and oxygen atoms in total. The van der Waals surface area contributed by atoms with Gasteiger partial charge in [-0.2, -0.15) is 0 Å². The number of aromatic nitrogens is 1. The van der Waals surface area contributed by atoms with Gasteiger partial charge in [0.25, 0.3) is 5.91 Å². The molecule has 3 heterocycles. The second-order valence-corrected chi connectivity index (χ2v) is 16.5. The maximum atomic E-state index is 15.2. The molecule has 1 N–H and O–H groups in total. The topological polar surface area (TPSA) is 87.1 Å². The molecule has 2 unspecified atom stereocenters. The van der Waals surface area contributed by atoms with Crippen LogP contribution in [0.1, 0.15) is 99.0 Å². The Bertz CT molecular complexity index is 1740. The molecule has 1 aromatic heterocycles. The molecule has 266 valence electrons. The highest BCUT2D eigenvalue weighted by Gasteiger charge is 2.70. The summed E-state index contributed by atoms with van der Waals surface area (Å²) in [6, 6.07) is 12.5. The first-order valence-corrected chi connectivity index (χ1v) is 19.3. The quantitative estimate of drug-likeness (QED) is 0.233. The summed E-state index contributed by atoms with van der Waals surface area (Å²) in [6.07, 6.45) is 7.43. The van der Waals surface area contributed by atoms with Crippen LogP contribution in [0, 0.1) is 11.3 Å². The molecule has 1 aliphatic carbocycles. The number of carbonyl (C=O) groups is 2. The second-order valence-electron chi connectivity index (χ2n) is 15.0. The zero-order valence-electron chi connectivity index (χ0n) is 30.7. The van der Waals surface area contributed by atoms with Crippen LogP contribution in [0.3, 0.4) is 0 Å². The van der Waals surface area contributed by atoms with Gasteiger partial charge < -0.3 is 19.1 Å². The van der Waals surface area contributed by atoms with Gasteiger partial charge >= 0.3 is 0 Å². The van der Waals surface area contributed by atoms with Crippen molar-refractivity contribution < 1.29 is 18.5 Å². The Morgan fingerprint density at radius 3 is 2.45 bits per heavy atom. The molecule has 1 saturated heterocycles. The normalized spacial score (nSPS) is 23.7. The molecule has 49 heavy (non-hydrogen) atoms. The lowest BCUT2D eigenvalue weighted by atomic mass is 9.85. The molecule has 2 aliphatic heterocycles. The molecule has 1 saturated carbocycles. The number of amides is 2. The zero-order valence-corrected chi connectivity index (χ0v) is 31.5. The molecule has 0 bridgehead atoms. The van der Waals surface area contributed by atoms with Crippen LogP contribution in [0.15, 0.2) is 36.4 Å². The Balaban J connectivity index is 1.60. The highest BCUT2D eigenvalue weighted by Crippen LogP contribution is 2.70. The lowest BCUT2D eigenvalue weighted by Crippen LogP contribution is -2.52. The molecule has 2 fully saturated rings. The first kappa shape index (κ1) is 35.6. The van der Waals surface area contributed by atoms with E-state index in [4.69, 9.17) is 4.74 Å². The largest absolute Gasteiger partial charge is 0.497 e. The fraction of sp³-hybridized carbons (Fsp3) is 0.590. The summed E-state index contributed by atoms with van der Waals surface area (Å²) in [5.74, 6) is 1.20. The molecule has 2 aromatic carbocycles. The number of hydrogen-bond donors (Lipinski definition) is 1. The number of nitrogens with zero attached hydrogens (tertiary/aromatic N) is 4. The van der Waals surface area contributed by atoms with Gasteiger partial charge in [-0.05, 0) is 99.5 Å². The van der Waals surface area contributed by atoms with Crippen LogP contribution in [0.2, 0.25) is 0 Å². The average Bonchev–Trinajstić information content (AvgIpc) is 3.59. The Morgan fingerprint density at radius 2 is 1.80 bits per heavy atom. The third kappa shape index (κ3) is 6.22. The lowest BCUT2D eigenvalue weighted by Gasteiger charge is -2.40. The van der Waals surface area contributed by atoms with Gasteiger partial charge in [0.2, 0.25) is 5.91 Å². The number of benzene rings is 2. The monoisotopic (exact) mass is 689 g/mol. The van der Waals surface area contributed by atoms with E-state index in [1.54, 1.807) is 21.2 Å². The van der Waals surface area contributed by atoms with Crippen molar-refractivity contribution in [2.24, 2.45) is 11.3 Å². The number of likely N-dealkylation sites (tertiary alicyclic amines) is 1. The summed E-state index contributed by atoms with van der Waals surface area (Å²) < 4.78 is 24.9. The summed E-state index contributed by atoms with van der Waals surface area (Å²) >= 11 is -1.65. The van der Waals surface area contributed by atoms with E-state index in [-0.39, 0.29) is 29.7 Å². The first-order valence-electron chi connectivity index (χ1n) is 18.2. The molecule has 3 aliphatic rings. The Hall–Kier alpha value is -3.21. The van der Waals surface area contributed by atoms with Crippen molar-refractivity contribution in [2.75, 3.05) is 48.4 Å². The van der Waals surface area contributed by atoms with E-state index in [1.807, 2.05) is 18.2 Å². The molecular weight excluding hydrogens is 635 g/mol. The maximum Gasteiger partial charge on any atom is 0.264 e. The number of ether oxygens (including phenoxy) is 1. The van der Waals surface area contributed by atoms with Crippen molar-refractivity contribution in [3.8, 4) is 17.0 Å². The van der Waals surface area contributed by atoms with E-state index >= 15 is 4.79 Å². The van der Waals surface area contributed by atoms with Crippen molar-refractivity contribution in [3.63, 3.8) is 0 Å². The number of methoxy groups -OCH3 is 1. The average molecular weight is 690 g/mol. The van der Waals surface area contributed by atoms with Crippen LogP contribution >= 0.6 is 0 Å². The van der Waals surface area contributed by atoms with E-state index in [0.717, 1.165) is 80.3 Å². The van der Waals surface area contributed by atoms with E-state index in [9.17, 15) is 9.00 Å². The number of rotatable bonds is 12. The van der Waals surface area contributed by atoms with Gasteiger partial charge in [-0.1, -0.05) is 39.7 Å². The smallest absolute Gasteiger partial charge is 0.264 e. The van der Waals surface area contributed by atoms with Gasteiger partial charge in [0, 0.05) is 67.7 Å². The van der Waals surface area contributed by atoms with E-state index < -0.39 is 16.6 Å². The van der Waals surface area contributed by atoms with Crippen LogP contribution in [0.25, 0.3) is 22.2 Å². The van der Waals surface area contributed by atoms with Crippen LogP contribution in [0.4, 0.5) is 0 Å². The van der Waals surface area contributed by atoms with Crippen molar-refractivity contribution >= 4 is 33.9 Å². The van der Waals surface area contributed by atoms with Crippen LogP contribution in [-0.2, 0) is 22.5 Å². The molecule has 0 radical (unpaired) electrons. The van der Waals surface area contributed by atoms with Crippen molar-refractivity contribution in [1.29, 1.82) is 0 Å². The van der Waals surface area contributed by atoms with E-state index in [2.05, 4.69) is 72.2 Å². The molecule has 10 heteroatoms. The molecule has 6 rings (SSSR count). The summed E-state index contributed by atoms with van der Waals surface area (Å²) in [5, 5.41) is 1.13. The van der Waals surface area contributed by atoms with Crippen molar-refractivity contribution in [2.45, 2.75) is 90.1 Å². The Morgan fingerprint density at radius 1 is 1.06 bits per heavy atom. The molecule has 0 spiro atoms. The number of hydrogen-bond acceptors (Lipinski definition) is 5. The second kappa shape index (κ2) is 14.2. The minimum atomic E-state index is -1.65. The number of fused-ring (bicyclic) bond motifs is 7. The number of carbonyl (C=O) groups excluding carboxylic acids is 2. The first-order chi connectivity index (χ1) is 23.5. The highest BCUT2D eigenvalue weighted by atomic mass is 32.2. The summed E-state index contributed by atoms with van der Waals surface area (Å²) in [4.78, 5) is 33.1. The van der Waals surface area contributed by atoms with Crippen LogP contribution in [0.5, 0.6) is 5.75 Å². The Labute approximate surface area is 295 Å². The van der Waals surface area contributed by atoms with Gasteiger partial charge in [-0.15, -0.1) is 0 Å². The SMILES string of the molecule is CCCC(CCC)c1c2n(c3cc(C(=O)NS(=O)N(C)C)ccc13)C[C@]1(C(=O)N3CCCC[C@H]3CN(C)C)C(c3cc(OC)ccc3-2)[C@@H]1C. The van der Waals surface area contributed by atoms with E-state index in [0.29, 0.717) is 18.0 Å². The highest BCUT2D eigenvalue weighted by molar-refractivity contribution is 7.81. The van der Waals surface area contributed by atoms with Crippen LogP contribution < -0.4 is 9.46 Å². The molecule has 2 amide bonds. The summed E-state index contributed by atoms with van der Waals surface area (Å²) in [6.45, 7) is 8.94. The van der Waals surface area contributed by atoms with Gasteiger partial charge in [0.05, 0.1) is 18.2 Å². The predicted octanol–water partition coefficient (Wildman–Crippen LogP) is 6.55. The third-order valence-corrected chi connectivity index (χ3v) is 12.5. The lowest BCUT2D eigenvalue weighted by molar-refractivity contribution is -0.142. The van der Waals surface area contributed by atoms with Gasteiger partial charge in [-0.25, -0.2) is 8.51 Å². The van der Waals surface area contributed by atoms with Gasteiger partial charge in [0.1, 0.15) is 5.75 Å². The fourth-order valence-corrected chi connectivity index (χ4v) is 9.57. The Kier molecular flexibility index (Phi) is 10.3. The number of piperidine rings is 1. The van der Waals surface area contributed by atoms with Crippen LogP contribution in [-0.4, -0.2) is 89.1 Å². The van der Waals surface area contributed by atoms with E-state index in [1.165, 1.54) is 21.1 Å². The van der Waals surface area contributed by atoms with Gasteiger partial charge in [-0.3, -0.25) is 14.3 Å². The number of likely N-dealkylation sites (N-methyl/N-ethyl adjacent to an activating group) is 1. The summed E-state index contributed by atoms with van der Waals surface area (Å²) in [5.41, 5.74) is 5.64. The predicted molar refractivity (Wildman–Crippen MR) is 198 cm³/mol. The third-order valence-electron chi connectivity index (χ3n) is 11.4. The standard InChI is InChI=1S/C39H55N5O4S/c1-9-13-26(14-10-2)34-31-18-16-27(37(45)40-49(47)42(6)7)21-33(31)44-24-39(38(46)43-20-12-11-15-28(43)23-41(4)5)25(3)35(39)32-22-29(48-8)17-19-30(32)36(34)44/h16-19,21-22,25-26,28,35H,9-15,20,23-24H2,1-8H3,(H,40,45)/t25-,28-,35?,39+,49?/m0/s1. The van der Waals surface area contributed by atoms with Crippen molar-refractivity contribution in [1.82, 2.24) is 23.4 Å². The maximum absolute atomic E-state index is 15.2. The minimum absolute atomic E-state index is 0.0552. The minimum Gasteiger partial charge on any atom is -0.497 e. The van der Waals surface area contributed by atoms with Gasteiger partial charge in [0.15, 0.2) is 11.2 Å². The molecular formula is C39H55N5O4S. The molecule has 5 atom stereocenters. The summed E-state index contributed by atoms with van der Waals surface area (Å²) in [7, 11) is 9.24.